The van der Waals surface area contributed by atoms with E-state index in [1.807, 2.05) is 6.92 Å². The molecule has 3 rings (SSSR count). The Balaban J connectivity index is 1.83. The molecule has 1 fully saturated rings. The van der Waals surface area contributed by atoms with Crippen molar-refractivity contribution in [1.82, 2.24) is 4.31 Å². The second-order valence-corrected chi connectivity index (χ2v) is 11.6. The molecule has 0 saturated carbocycles. The molecule has 1 atom stereocenters. The molecule has 0 bridgehead atoms. The first kappa shape index (κ1) is 22.1. The van der Waals surface area contributed by atoms with Gasteiger partial charge in [-0.3, -0.25) is 4.72 Å². The fourth-order valence-electron chi connectivity index (χ4n) is 3.46. The topological polar surface area (TPSA) is 83.5 Å². The maximum absolute atomic E-state index is 12.8. The number of hydrogen-bond acceptors (Lipinski definition) is 4. The van der Waals surface area contributed by atoms with Crippen LogP contribution in [0.1, 0.15) is 30.9 Å². The largest absolute Gasteiger partial charge is 0.280 e. The Morgan fingerprint density at radius 2 is 1.69 bits per heavy atom. The van der Waals surface area contributed by atoms with Crippen LogP contribution in [-0.4, -0.2) is 34.2 Å². The summed E-state index contributed by atoms with van der Waals surface area (Å²) in [6.07, 6.45) is 1.87. The third-order valence-electron chi connectivity index (χ3n) is 5.11. The van der Waals surface area contributed by atoms with Gasteiger partial charge in [-0.15, -0.1) is 0 Å². The number of hydrogen-bond donors (Lipinski definition) is 1. The van der Waals surface area contributed by atoms with Gasteiger partial charge in [-0.1, -0.05) is 18.5 Å². The number of benzene rings is 2. The molecule has 158 valence electrons. The number of aryl methyl sites for hydroxylation is 2. The van der Waals surface area contributed by atoms with E-state index in [4.69, 9.17) is 11.6 Å². The molecule has 9 heteroatoms. The van der Waals surface area contributed by atoms with E-state index in [-0.39, 0.29) is 9.79 Å². The Kier molecular flexibility index (Phi) is 6.29. The zero-order valence-electron chi connectivity index (χ0n) is 16.6. The van der Waals surface area contributed by atoms with Crippen LogP contribution in [0.2, 0.25) is 5.02 Å². The van der Waals surface area contributed by atoms with Crippen LogP contribution >= 0.6 is 11.6 Å². The third-order valence-corrected chi connectivity index (χ3v) is 8.92. The number of rotatable bonds is 5. The van der Waals surface area contributed by atoms with Crippen LogP contribution < -0.4 is 4.72 Å². The summed E-state index contributed by atoms with van der Waals surface area (Å²) in [5.41, 5.74) is 1.49. The van der Waals surface area contributed by atoms with Crippen LogP contribution in [0.3, 0.4) is 0 Å². The molecule has 0 spiro atoms. The van der Waals surface area contributed by atoms with Gasteiger partial charge in [0.2, 0.25) is 10.0 Å². The van der Waals surface area contributed by atoms with Crippen molar-refractivity contribution >= 4 is 37.3 Å². The van der Waals surface area contributed by atoms with Crippen molar-refractivity contribution in [2.75, 3.05) is 17.8 Å². The summed E-state index contributed by atoms with van der Waals surface area (Å²) in [4.78, 5) is 0.298. The van der Waals surface area contributed by atoms with E-state index >= 15 is 0 Å². The van der Waals surface area contributed by atoms with E-state index < -0.39 is 20.0 Å². The Bertz CT molecular complexity index is 1110. The number of halogens is 1. The standard InChI is InChI=1S/C20H25ClN2O4S2/c1-14-5-4-10-23(13-14)29(26,27)18-8-6-17(7-9-18)22-28(24,25)20-12-15(2)19(21)11-16(20)3/h6-9,11-12,14,22H,4-5,10,13H2,1-3H3. The summed E-state index contributed by atoms with van der Waals surface area (Å²) in [6, 6.07) is 8.95. The molecule has 0 radical (unpaired) electrons. The highest BCUT2D eigenvalue weighted by atomic mass is 35.5. The molecule has 1 unspecified atom stereocenters. The highest BCUT2D eigenvalue weighted by Gasteiger charge is 2.28. The maximum atomic E-state index is 12.8. The number of nitrogens with zero attached hydrogens (tertiary/aromatic N) is 1. The highest BCUT2D eigenvalue weighted by molar-refractivity contribution is 7.92. The number of nitrogens with one attached hydrogen (secondary N) is 1. The zero-order chi connectivity index (χ0) is 21.4. The zero-order valence-corrected chi connectivity index (χ0v) is 19.0. The summed E-state index contributed by atoms with van der Waals surface area (Å²) in [7, 11) is -7.41. The van der Waals surface area contributed by atoms with E-state index in [0.717, 1.165) is 12.8 Å². The first-order valence-electron chi connectivity index (χ1n) is 9.40. The Morgan fingerprint density at radius 1 is 1.03 bits per heavy atom. The van der Waals surface area contributed by atoms with Crippen LogP contribution in [0, 0.1) is 19.8 Å². The summed E-state index contributed by atoms with van der Waals surface area (Å²) in [5, 5.41) is 0.503. The van der Waals surface area contributed by atoms with Crippen LogP contribution in [0.4, 0.5) is 5.69 Å². The molecule has 1 saturated heterocycles. The monoisotopic (exact) mass is 456 g/mol. The molecule has 1 aliphatic rings. The second-order valence-electron chi connectivity index (χ2n) is 7.61. The molecule has 1 aliphatic heterocycles. The molecule has 6 nitrogen and oxygen atoms in total. The van der Waals surface area contributed by atoms with Crippen molar-refractivity contribution in [3.8, 4) is 0 Å². The van der Waals surface area contributed by atoms with Gasteiger partial charge in [0, 0.05) is 23.8 Å². The number of sulfonamides is 2. The van der Waals surface area contributed by atoms with Crippen molar-refractivity contribution in [2.24, 2.45) is 5.92 Å². The van der Waals surface area contributed by atoms with Crippen molar-refractivity contribution in [2.45, 2.75) is 43.4 Å². The number of anilines is 1. The summed E-state index contributed by atoms with van der Waals surface area (Å²) in [5.74, 6) is 0.329. The minimum atomic E-state index is -3.83. The van der Waals surface area contributed by atoms with Crippen LogP contribution in [-0.2, 0) is 20.0 Å². The fraction of sp³-hybridized carbons (Fsp3) is 0.400. The minimum Gasteiger partial charge on any atom is -0.280 e. The Morgan fingerprint density at radius 3 is 2.31 bits per heavy atom. The van der Waals surface area contributed by atoms with Gasteiger partial charge in [-0.2, -0.15) is 4.31 Å². The third kappa shape index (κ3) is 4.77. The van der Waals surface area contributed by atoms with E-state index in [1.165, 1.54) is 34.6 Å². The average molecular weight is 457 g/mol. The SMILES string of the molecule is Cc1cc(S(=O)(=O)Nc2ccc(S(=O)(=O)N3CCCC(C)C3)cc2)c(C)cc1Cl. The van der Waals surface area contributed by atoms with Crippen LogP contribution in [0.25, 0.3) is 0 Å². The summed E-state index contributed by atoms with van der Waals surface area (Å²) in [6.45, 7) is 6.47. The van der Waals surface area contributed by atoms with Crippen LogP contribution in [0.5, 0.6) is 0 Å². The molecule has 1 heterocycles. The smallest absolute Gasteiger partial charge is 0.262 e. The Hall–Kier alpha value is -1.61. The van der Waals surface area contributed by atoms with Gasteiger partial charge < -0.3 is 0 Å². The summed E-state index contributed by atoms with van der Waals surface area (Å²) < 4.78 is 55.2. The van der Waals surface area contributed by atoms with Crippen molar-refractivity contribution in [3.63, 3.8) is 0 Å². The first-order valence-corrected chi connectivity index (χ1v) is 12.7. The number of piperidine rings is 1. The van der Waals surface area contributed by atoms with Crippen molar-refractivity contribution in [1.29, 1.82) is 0 Å². The normalized spacial score (nSPS) is 18.6. The maximum Gasteiger partial charge on any atom is 0.262 e. The van der Waals surface area contributed by atoms with E-state index in [9.17, 15) is 16.8 Å². The molecule has 2 aromatic rings. The van der Waals surface area contributed by atoms with Gasteiger partial charge in [0.25, 0.3) is 10.0 Å². The molecule has 0 aliphatic carbocycles. The Labute approximate surface area is 178 Å². The van der Waals surface area contributed by atoms with Crippen molar-refractivity contribution in [3.05, 3.63) is 52.5 Å². The summed E-state index contributed by atoms with van der Waals surface area (Å²) >= 11 is 6.05. The van der Waals surface area contributed by atoms with Gasteiger partial charge in [0.15, 0.2) is 0 Å². The lowest BCUT2D eigenvalue weighted by molar-refractivity contribution is 0.281. The lowest BCUT2D eigenvalue weighted by Gasteiger charge is -2.30. The van der Waals surface area contributed by atoms with Gasteiger partial charge >= 0.3 is 0 Å². The molecule has 0 amide bonds. The average Bonchev–Trinajstić information content (AvgIpc) is 2.64. The van der Waals surface area contributed by atoms with E-state index in [0.29, 0.717) is 40.8 Å². The molecule has 0 aromatic heterocycles. The molecule has 1 N–H and O–H groups in total. The second kappa shape index (κ2) is 8.26. The molecule has 29 heavy (non-hydrogen) atoms. The molecular weight excluding hydrogens is 432 g/mol. The van der Waals surface area contributed by atoms with Crippen LogP contribution in [0.15, 0.2) is 46.2 Å². The highest BCUT2D eigenvalue weighted by Crippen LogP contribution is 2.27. The lowest BCUT2D eigenvalue weighted by Crippen LogP contribution is -2.39. The fourth-order valence-corrected chi connectivity index (χ4v) is 6.65. The van der Waals surface area contributed by atoms with Crippen molar-refractivity contribution < 1.29 is 16.8 Å². The van der Waals surface area contributed by atoms with Gasteiger partial charge in [0.1, 0.15) is 0 Å². The van der Waals surface area contributed by atoms with E-state index in [1.54, 1.807) is 19.9 Å². The van der Waals surface area contributed by atoms with Gasteiger partial charge in [-0.25, -0.2) is 16.8 Å². The van der Waals surface area contributed by atoms with Gasteiger partial charge in [-0.05, 0) is 80.1 Å². The predicted molar refractivity (Wildman–Crippen MR) is 115 cm³/mol. The van der Waals surface area contributed by atoms with E-state index in [2.05, 4.69) is 4.72 Å². The molecular formula is C20H25ClN2O4S2. The molecule has 2 aromatic carbocycles. The van der Waals surface area contributed by atoms with Gasteiger partial charge in [0.05, 0.1) is 9.79 Å². The first-order chi connectivity index (χ1) is 13.5. The lowest BCUT2D eigenvalue weighted by atomic mass is 10.0. The predicted octanol–water partition coefficient (Wildman–Crippen LogP) is 4.18. The minimum absolute atomic E-state index is 0.137. The quantitative estimate of drug-likeness (QED) is 0.731.